The van der Waals surface area contributed by atoms with Gasteiger partial charge in [-0.15, -0.1) is 0 Å². The average molecular weight is 657 g/mol. The number of aromatic nitrogens is 2. The van der Waals surface area contributed by atoms with Gasteiger partial charge in [0.1, 0.15) is 12.2 Å². The molecule has 49 heavy (non-hydrogen) atoms. The first-order valence-electron chi connectivity index (χ1n) is 16.6. The number of nitrogens with one attached hydrogen (secondary N) is 1. The fraction of sp³-hybridized carbons (Fsp3) is 0.250. The van der Waals surface area contributed by atoms with Gasteiger partial charge in [-0.1, -0.05) is 67.8 Å². The molecule has 1 saturated carbocycles. The first kappa shape index (κ1) is 33.2. The second-order valence-corrected chi connectivity index (χ2v) is 12.8. The third-order valence-corrected chi connectivity index (χ3v) is 9.35. The zero-order chi connectivity index (χ0) is 34.7. The van der Waals surface area contributed by atoms with Gasteiger partial charge in [-0.2, -0.15) is 0 Å². The number of carboxylic acids is 1. The van der Waals surface area contributed by atoms with E-state index in [1.54, 1.807) is 68.5 Å². The van der Waals surface area contributed by atoms with E-state index in [1.807, 2.05) is 30.3 Å². The molecule has 5 aromatic rings. The largest absolute Gasteiger partial charge is 0.478 e. The van der Waals surface area contributed by atoms with Crippen molar-refractivity contribution >= 4 is 40.4 Å². The van der Waals surface area contributed by atoms with Crippen molar-refractivity contribution in [2.75, 3.05) is 19.4 Å². The summed E-state index contributed by atoms with van der Waals surface area (Å²) in [6.45, 7) is 1.89. The molecule has 9 nitrogen and oxygen atoms in total. The second-order valence-electron chi connectivity index (χ2n) is 12.8. The van der Waals surface area contributed by atoms with Crippen LogP contribution in [-0.4, -0.2) is 51.0 Å². The van der Waals surface area contributed by atoms with Gasteiger partial charge in [0.25, 0.3) is 11.5 Å². The van der Waals surface area contributed by atoms with Crippen molar-refractivity contribution in [3.63, 3.8) is 0 Å². The summed E-state index contributed by atoms with van der Waals surface area (Å²) in [5.41, 5.74) is 6.08. The number of rotatable bonds is 9. The molecule has 0 atom stereocenters. The van der Waals surface area contributed by atoms with Crippen LogP contribution in [0.3, 0.4) is 0 Å². The van der Waals surface area contributed by atoms with E-state index in [2.05, 4.69) is 22.0 Å². The molecular formula is C40H40N4O5. The smallest absolute Gasteiger partial charge is 0.328 e. The molecule has 250 valence electrons. The molecule has 3 aromatic carbocycles. The number of carboxylic acid groups (broad SMARTS) is 1. The molecule has 0 spiro atoms. The lowest BCUT2D eigenvalue weighted by molar-refractivity contribution is -0.131. The molecular weight excluding hydrogens is 616 g/mol. The second kappa shape index (κ2) is 14.2. The van der Waals surface area contributed by atoms with Crippen molar-refractivity contribution in [2.45, 2.75) is 51.5 Å². The van der Waals surface area contributed by atoms with Gasteiger partial charge in [0, 0.05) is 43.0 Å². The molecule has 2 N–H and O–H groups in total. The third kappa shape index (κ3) is 6.97. The number of carbonyl (C=O) groups is 3. The number of amides is 2. The number of likely N-dealkylation sites (N-methyl/N-ethyl adjacent to an activating group) is 1. The van der Waals surface area contributed by atoms with E-state index in [0.717, 1.165) is 53.9 Å². The number of benzene rings is 3. The summed E-state index contributed by atoms with van der Waals surface area (Å²) in [4.78, 5) is 53.3. The third-order valence-electron chi connectivity index (χ3n) is 9.35. The fourth-order valence-electron chi connectivity index (χ4n) is 6.75. The Hall–Kier alpha value is -5.70. The van der Waals surface area contributed by atoms with Gasteiger partial charge in [0.15, 0.2) is 0 Å². The van der Waals surface area contributed by atoms with Crippen molar-refractivity contribution in [1.29, 1.82) is 0 Å². The molecule has 2 aromatic heterocycles. The molecule has 6 rings (SSSR count). The van der Waals surface area contributed by atoms with E-state index in [0.29, 0.717) is 28.3 Å². The van der Waals surface area contributed by atoms with Gasteiger partial charge in [0.2, 0.25) is 5.91 Å². The van der Waals surface area contributed by atoms with Crippen LogP contribution >= 0.6 is 0 Å². The van der Waals surface area contributed by atoms with Gasteiger partial charge in [-0.3, -0.25) is 19.0 Å². The number of nitrogens with zero attached hydrogens (tertiary/aromatic N) is 3. The molecule has 0 aliphatic heterocycles. The van der Waals surface area contributed by atoms with Crippen molar-refractivity contribution in [1.82, 2.24) is 14.0 Å². The van der Waals surface area contributed by atoms with Crippen LogP contribution in [0.1, 0.15) is 65.1 Å². The molecule has 0 bridgehead atoms. The highest BCUT2D eigenvalue weighted by Crippen LogP contribution is 2.44. The molecule has 0 saturated heterocycles. The maximum atomic E-state index is 13.9. The number of fused-ring (bicyclic) bond motifs is 1. The van der Waals surface area contributed by atoms with Gasteiger partial charge in [-0.25, -0.2) is 4.79 Å². The highest BCUT2D eigenvalue weighted by Gasteiger charge is 2.28. The van der Waals surface area contributed by atoms with Crippen LogP contribution < -0.4 is 10.9 Å². The summed E-state index contributed by atoms with van der Waals surface area (Å²) in [5.74, 6) is -1.18. The van der Waals surface area contributed by atoms with E-state index in [4.69, 9.17) is 5.11 Å². The molecule has 2 amide bonds. The Kier molecular flexibility index (Phi) is 9.62. The molecule has 1 aliphatic rings. The zero-order valence-electron chi connectivity index (χ0n) is 28.0. The van der Waals surface area contributed by atoms with E-state index in [9.17, 15) is 19.2 Å². The topological polar surface area (TPSA) is 114 Å². The van der Waals surface area contributed by atoms with Crippen molar-refractivity contribution < 1.29 is 19.5 Å². The standard InChI is InChI=1S/C40H40N4O5/c1-26-22-23-43(31-18-14-27(15-19-31)16-21-35(46)47)40(49)37(26)41-39(48)30-17-20-32-33(24-30)44(25-34(45)42(2)3)38(29-12-8-5-9-13-29)36(32)28-10-6-4-7-11-28/h5,8-9,12-24,28H,4,6-7,10-11,25H2,1-3H3,(H,41,48)(H,46,47). The maximum Gasteiger partial charge on any atom is 0.328 e. The van der Waals surface area contributed by atoms with E-state index in [1.165, 1.54) is 22.6 Å². The number of aryl methyl sites for hydroxylation is 1. The van der Waals surface area contributed by atoms with Gasteiger partial charge in [0.05, 0.1) is 11.2 Å². The molecule has 1 fully saturated rings. The Labute approximate surface area is 285 Å². The fourth-order valence-corrected chi connectivity index (χ4v) is 6.75. The Balaban J connectivity index is 1.41. The van der Waals surface area contributed by atoms with Crippen LogP contribution in [0.25, 0.3) is 33.9 Å². The predicted octanol–water partition coefficient (Wildman–Crippen LogP) is 7.25. The number of pyridine rings is 1. The minimum atomic E-state index is -1.05. The lowest BCUT2D eigenvalue weighted by Gasteiger charge is -2.24. The SMILES string of the molecule is Cc1ccn(-c2ccc(C=CC(=O)O)cc2)c(=O)c1NC(=O)c1ccc2c(C3CCCCC3)c(-c3ccccc3)n(CC(=O)N(C)C)c2c1. The lowest BCUT2D eigenvalue weighted by atomic mass is 9.82. The summed E-state index contributed by atoms with van der Waals surface area (Å²) in [6.07, 6.45) is 9.84. The summed E-state index contributed by atoms with van der Waals surface area (Å²) in [6, 6.07) is 24.4. The number of carbonyl (C=O) groups excluding carboxylic acids is 2. The Morgan fingerprint density at radius 2 is 1.65 bits per heavy atom. The summed E-state index contributed by atoms with van der Waals surface area (Å²) in [5, 5.41) is 12.8. The van der Waals surface area contributed by atoms with Gasteiger partial charge in [-0.05, 0) is 84.3 Å². The minimum absolute atomic E-state index is 0.0504. The lowest BCUT2D eigenvalue weighted by Crippen LogP contribution is -2.27. The zero-order valence-corrected chi connectivity index (χ0v) is 28.0. The Bertz CT molecular complexity index is 2120. The summed E-state index contributed by atoms with van der Waals surface area (Å²) < 4.78 is 3.50. The van der Waals surface area contributed by atoms with Crippen LogP contribution in [0.5, 0.6) is 0 Å². The highest BCUT2D eigenvalue weighted by molar-refractivity contribution is 6.07. The predicted molar refractivity (Wildman–Crippen MR) is 193 cm³/mol. The van der Waals surface area contributed by atoms with E-state index >= 15 is 0 Å². The molecule has 9 heteroatoms. The monoisotopic (exact) mass is 656 g/mol. The van der Waals surface area contributed by atoms with Crippen LogP contribution in [0.4, 0.5) is 5.69 Å². The molecule has 0 unspecified atom stereocenters. The highest BCUT2D eigenvalue weighted by atomic mass is 16.4. The van der Waals surface area contributed by atoms with Gasteiger partial charge < -0.3 is 19.9 Å². The number of hydrogen-bond acceptors (Lipinski definition) is 4. The first-order chi connectivity index (χ1) is 23.6. The van der Waals surface area contributed by atoms with Crippen LogP contribution in [0.2, 0.25) is 0 Å². The molecule has 0 radical (unpaired) electrons. The summed E-state index contributed by atoms with van der Waals surface area (Å²) >= 11 is 0. The van der Waals surface area contributed by atoms with Crippen molar-refractivity contribution in [3.8, 4) is 16.9 Å². The van der Waals surface area contributed by atoms with Crippen molar-refractivity contribution in [2.24, 2.45) is 0 Å². The first-order valence-corrected chi connectivity index (χ1v) is 16.6. The Morgan fingerprint density at radius 1 is 0.939 bits per heavy atom. The normalized spacial score (nSPS) is 13.5. The quantitative estimate of drug-likeness (QED) is 0.162. The van der Waals surface area contributed by atoms with Crippen molar-refractivity contribution in [3.05, 3.63) is 124 Å². The van der Waals surface area contributed by atoms with E-state index < -0.39 is 17.4 Å². The van der Waals surface area contributed by atoms with Gasteiger partial charge >= 0.3 is 5.97 Å². The van der Waals surface area contributed by atoms with Crippen LogP contribution in [0, 0.1) is 6.92 Å². The number of anilines is 1. The summed E-state index contributed by atoms with van der Waals surface area (Å²) in [7, 11) is 3.49. The average Bonchev–Trinajstić information content (AvgIpc) is 3.43. The van der Waals surface area contributed by atoms with Crippen LogP contribution in [-0.2, 0) is 16.1 Å². The minimum Gasteiger partial charge on any atom is -0.478 e. The maximum absolute atomic E-state index is 13.9. The van der Waals surface area contributed by atoms with Crippen LogP contribution in [0.15, 0.2) is 95.9 Å². The Morgan fingerprint density at radius 3 is 2.33 bits per heavy atom. The van der Waals surface area contributed by atoms with E-state index in [-0.39, 0.29) is 18.1 Å². The number of hydrogen-bond donors (Lipinski definition) is 2. The number of aliphatic carboxylic acids is 1. The molecule has 2 heterocycles. The molecule has 1 aliphatic carbocycles.